The van der Waals surface area contributed by atoms with Crippen molar-refractivity contribution in [2.45, 2.75) is 51.0 Å². The minimum Gasteiger partial charge on any atom is -0.512 e. The quantitative estimate of drug-likeness (QED) is 0.341. The molecule has 0 aliphatic carbocycles. The SMILES string of the molecule is COC(=O)CCCSCCN1C(=O)CCC[C@@H]1C/C=C(\O)Cc1ccccc1. The fourth-order valence-electron chi connectivity index (χ4n) is 3.38. The number of rotatable bonds is 11. The highest BCUT2D eigenvalue weighted by Crippen LogP contribution is 2.22. The van der Waals surface area contributed by atoms with Crippen LogP contribution in [0.25, 0.3) is 0 Å². The number of nitrogens with zero attached hydrogens (tertiary/aromatic N) is 1. The minimum absolute atomic E-state index is 0.162. The summed E-state index contributed by atoms with van der Waals surface area (Å²) >= 11 is 1.76. The third kappa shape index (κ3) is 7.97. The van der Waals surface area contributed by atoms with Crippen molar-refractivity contribution in [1.82, 2.24) is 4.90 Å². The van der Waals surface area contributed by atoms with Crippen LogP contribution in [-0.2, 0) is 20.7 Å². The van der Waals surface area contributed by atoms with Crippen molar-refractivity contribution < 1.29 is 19.4 Å². The number of carbonyl (C=O) groups is 2. The fraction of sp³-hybridized carbons (Fsp3) is 0.545. The molecule has 0 radical (unpaired) electrons. The van der Waals surface area contributed by atoms with Gasteiger partial charge in [-0.3, -0.25) is 9.59 Å². The summed E-state index contributed by atoms with van der Waals surface area (Å²) in [4.78, 5) is 25.4. The van der Waals surface area contributed by atoms with Crippen LogP contribution in [0.1, 0.15) is 44.1 Å². The Labute approximate surface area is 172 Å². The Kier molecular flexibility index (Phi) is 9.97. The van der Waals surface area contributed by atoms with Gasteiger partial charge < -0.3 is 14.7 Å². The highest BCUT2D eigenvalue weighted by atomic mass is 32.2. The van der Waals surface area contributed by atoms with Crippen molar-refractivity contribution >= 4 is 23.6 Å². The Morgan fingerprint density at radius 1 is 1.32 bits per heavy atom. The lowest BCUT2D eigenvalue weighted by Gasteiger charge is -2.35. The normalized spacial score (nSPS) is 17.6. The van der Waals surface area contributed by atoms with Crippen LogP contribution in [0.15, 0.2) is 42.2 Å². The molecule has 0 saturated carbocycles. The van der Waals surface area contributed by atoms with E-state index in [9.17, 15) is 14.7 Å². The maximum atomic E-state index is 12.4. The zero-order valence-corrected chi connectivity index (χ0v) is 17.5. The van der Waals surface area contributed by atoms with Crippen LogP contribution in [0.4, 0.5) is 0 Å². The van der Waals surface area contributed by atoms with E-state index in [0.717, 1.165) is 42.9 Å². The van der Waals surface area contributed by atoms with E-state index in [0.29, 0.717) is 31.4 Å². The first-order chi connectivity index (χ1) is 13.6. The molecule has 154 valence electrons. The zero-order chi connectivity index (χ0) is 20.2. The summed E-state index contributed by atoms with van der Waals surface area (Å²) in [5.74, 6) is 2.15. The molecule has 1 amide bonds. The second kappa shape index (κ2) is 12.5. The van der Waals surface area contributed by atoms with Gasteiger partial charge in [0.1, 0.15) is 0 Å². The van der Waals surface area contributed by atoms with E-state index in [-0.39, 0.29) is 17.9 Å². The number of thioether (sulfide) groups is 1. The van der Waals surface area contributed by atoms with Crippen LogP contribution in [-0.4, -0.2) is 53.1 Å². The fourth-order valence-corrected chi connectivity index (χ4v) is 4.26. The molecule has 2 rings (SSSR count). The summed E-state index contributed by atoms with van der Waals surface area (Å²) in [6.07, 6.45) is 6.84. The molecule has 1 saturated heterocycles. The molecule has 1 aliphatic rings. The number of aliphatic hydroxyl groups is 1. The number of likely N-dealkylation sites (tertiary alicyclic amines) is 1. The smallest absolute Gasteiger partial charge is 0.305 e. The number of carbonyl (C=O) groups excluding carboxylic acids is 2. The number of ether oxygens (including phenoxy) is 1. The van der Waals surface area contributed by atoms with Crippen molar-refractivity contribution in [3.63, 3.8) is 0 Å². The molecule has 1 heterocycles. The van der Waals surface area contributed by atoms with E-state index < -0.39 is 0 Å². The Balaban J connectivity index is 1.76. The summed E-state index contributed by atoms with van der Waals surface area (Å²) in [7, 11) is 1.41. The van der Waals surface area contributed by atoms with Crippen LogP contribution in [0.2, 0.25) is 0 Å². The average molecular weight is 406 g/mol. The summed E-state index contributed by atoms with van der Waals surface area (Å²) in [5.41, 5.74) is 1.08. The van der Waals surface area contributed by atoms with Gasteiger partial charge in [-0.25, -0.2) is 0 Å². The standard InChI is InChI=1S/C22H31NO4S/c1-27-22(26)11-6-15-28-16-14-23-19(9-5-10-21(23)25)12-13-20(24)17-18-7-3-2-4-8-18/h2-4,7-8,13,19,24H,5-6,9-12,14-17H2,1H3/b20-13-/t19-/m1/s1. The molecule has 0 bridgehead atoms. The van der Waals surface area contributed by atoms with Gasteiger partial charge in [-0.15, -0.1) is 0 Å². The number of piperidine rings is 1. The van der Waals surface area contributed by atoms with E-state index >= 15 is 0 Å². The summed E-state index contributed by atoms with van der Waals surface area (Å²) in [6.45, 7) is 0.722. The number of hydrogen-bond donors (Lipinski definition) is 1. The Hall–Kier alpha value is -1.95. The van der Waals surface area contributed by atoms with Gasteiger partial charge >= 0.3 is 5.97 Å². The molecule has 0 spiro atoms. The number of allylic oxidation sites excluding steroid dienone is 1. The summed E-state index contributed by atoms with van der Waals surface area (Å²) < 4.78 is 4.64. The van der Waals surface area contributed by atoms with Gasteiger partial charge in [-0.2, -0.15) is 11.8 Å². The Morgan fingerprint density at radius 2 is 2.11 bits per heavy atom. The lowest BCUT2D eigenvalue weighted by atomic mass is 9.98. The van der Waals surface area contributed by atoms with E-state index in [1.165, 1.54) is 7.11 Å². The van der Waals surface area contributed by atoms with Crippen LogP contribution in [0, 0.1) is 0 Å². The second-order valence-electron chi connectivity index (χ2n) is 7.02. The molecule has 1 atom stereocenters. The lowest BCUT2D eigenvalue weighted by molar-refractivity contribution is -0.140. The van der Waals surface area contributed by atoms with Crippen LogP contribution < -0.4 is 0 Å². The van der Waals surface area contributed by atoms with Crippen molar-refractivity contribution in [2.75, 3.05) is 25.2 Å². The molecular formula is C22H31NO4S. The first-order valence-electron chi connectivity index (χ1n) is 9.96. The van der Waals surface area contributed by atoms with E-state index in [1.807, 2.05) is 41.3 Å². The maximum Gasteiger partial charge on any atom is 0.305 e. The monoisotopic (exact) mass is 405 g/mol. The van der Waals surface area contributed by atoms with E-state index in [2.05, 4.69) is 4.74 Å². The van der Waals surface area contributed by atoms with Gasteiger partial charge in [-0.1, -0.05) is 30.3 Å². The molecule has 5 nitrogen and oxygen atoms in total. The van der Waals surface area contributed by atoms with Crippen molar-refractivity contribution in [2.24, 2.45) is 0 Å². The molecule has 6 heteroatoms. The number of amides is 1. The number of methoxy groups -OCH3 is 1. The van der Waals surface area contributed by atoms with Gasteiger partial charge in [-0.05, 0) is 43.1 Å². The molecular weight excluding hydrogens is 374 g/mol. The summed E-state index contributed by atoms with van der Waals surface area (Å²) in [5, 5.41) is 10.2. The van der Waals surface area contributed by atoms with Crippen LogP contribution >= 0.6 is 11.8 Å². The van der Waals surface area contributed by atoms with Crippen molar-refractivity contribution in [3.8, 4) is 0 Å². The third-order valence-electron chi connectivity index (χ3n) is 4.92. The zero-order valence-electron chi connectivity index (χ0n) is 16.6. The average Bonchev–Trinajstić information content (AvgIpc) is 2.70. The Bertz CT molecular complexity index is 647. The third-order valence-corrected chi connectivity index (χ3v) is 5.97. The largest absolute Gasteiger partial charge is 0.512 e. The number of esters is 1. The number of hydrogen-bond acceptors (Lipinski definition) is 5. The molecule has 1 aromatic rings. The number of benzene rings is 1. The molecule has 1 N–H and O–H groups in total. The van der Waals surface area contributed by atoms with E-state index in [1.54, 1.807) is 11.8 Å². The predicted octanol–water partition coefficient (Wildman–Crippen LogP) is 4.13. The van der Waals surface area contributed by atoms with Gasteiger partial charge in [0.15, 0.2) is 0 Å². The molecule has 1 fully saturated rings. The highest BCUT2D eigenvalue weighted by Gasteiger charge is 2.26. The molecule has 0 unspecified atom stereocenters. The van der Waals surface area contributed by atoms with Gasteiger partial charge in [0.05, 0.1) is 12.9 Å². The van der Waals surface area contributed by atoms with Crippen molar-refractivity contribution in [3.05, 3.63) is 47.7 Å². The van der Waals surface area contributed by atoms with Crippen LogP contribution in [0.5, 0.6) is 0 Å². The predicted molar refractivity (Wildman–Crippen MR) is 113 cm³/mol. The van der Waals surface area contributed by atoms with Gasteiger partial charge in [0.2, 0.25) is 5.91 Å². The Morgan fingerprint density at radius 3 is 2.86 bits per heavy atom. The van der Waals surface area contributed by atoms with Crippen molar-refractivity contribution in [1.29, 1.82) is 0 Å². The molecule has 1 aromatic carbocycles. The molecule has 0 aromatic heterocycles. The second-order valence-corrected chi connectivity index (χ2v) is 8.24. The summed E-state index contributed by atoms with van der Waals surface area (Å²) in [6, 6.07) is 10.0. The maximum absolute atomic E-state index is 12.4. The van der Waals surface area contributed by atoms with Gasteiger partial charge in [0.25, 0.3) is 0 Å². The van der Waals surface area contributed by atoms with E-state index in [4.69, 9.17) is 0 Å². The van der Waals surface area contributed by atoms with Crippen LogP contribution in [0.3, 0.4) is 0 Å². The van der Waals surface area contributed by atoms with Gasteiger partial charge in [0, 0.05) is 37.6 Å². The first kappa shape index (κ1) is 22.3. The lowest BCUT2D eigenvalue weighted by Crippen LogP contribution is -2.44. The highest BCUT2D eigenvalue weighted by molar-refractivity contribution is 7.99. The molecule has 28 heavy (non-hydrogen) atoms. The first-order valence-corrected chi connectivity index (χ1v) is 11.1. The molecule has 1 aliphatic heterocycles. The topological polar surface area (TPSA) is 66.8 Å². The number of aliphatic hydroxyl groups excluding tert-OH is 1. The minimum atomic E-state index is -0.172.